The molecule has 0 spiro atoms. The number of primary amides is 1. The number of likely N-dealkylation sites (tertiary alicyclic amines) is 1. The highest BCUT2D eigenvalue weighted by Gasteiger charge is 2.34. The molecule has 4 N–H and O–H groups in total. The van der Waals surface area contributed by atoms with Crippen LogP contribution in [0.15, 0.2) is 36.4 Å². The lowest BCUT2D eigenvalue weighted by atomic mass is 9.91. The molecule has 1 heterocycles. The molecule has 0 saturated carbocycles. The summed E-state index contributed by atoms with van der Waals surface area (Å²) in [5.74, 6) is -1.95. The second kappa shape index (κ2) is 9.15. The van der Waals surface area contributed by atoms with Gasteiger partial charge in [0.25, 0.3) is 0 Å². The number of allylic oxidation sites excluding steroid dienone is 1. The Morgan fingerprint density at radius 3 is 2.46 bits per heavy atom. The van der Waals surface area contributed by atoms with Gasteiger partial charge in [-0.2, -0.15) is 0 Å². The number of amides is 3. The lowest BCUT2D eigenvalue weighted by Crippen LogP contribution is -2.53. The number of carbonyl (C=O) groups excluding carboxylic acids is 3. The first-order valence-electron chi connectivity index (χ1n) is 8.69. The number of nitrogens with two attached hydrogens (primary N) is 1. The van der Waals surface area contributed by atoms with Gasteiger partial charge in [0.1, 0.15) is 0 Å². The van der Waals surface area contributed by atoms with E-state index in [0.717, 1.165) is 5.56 Å². The predicted molar refractivity (Wildman–Crippen MR) is 97.7 cm³/mol. The number of carbonyl (C=O) groups is 3. The molecule has 0 unspecified atom stereocenters. The van der Waals surface area contributed by atoms with Crippen LogP contribution in [0.1, 0.15) is 31.2 Å². The monoisotopic (exact) mass is 359 g/mol. The van der Waals surface area contributed by atoms with Crippen molar-refractivity contribution in [1.82, 2.24) is 10.2 Å². The topological polar surface area (TPSA) is 113 Å². The number of piperidine rings is 1. The molecule has 1 aliphatic rings. The molecular formula is C19H25N3O4. The summed E-state index contributed by atoms with van der Waals surface area (Å²) in [4.78, 5) is 35.9. The lowest BCUT2D eigenvalue weighted by molar-refractivity contribution is -0.139. The maximum atomic E-state index is 12.3. The first kappa shape index (κ1) is 19.7. The fraction of sp³-hybridized carbons (Fsp3) is 0.421. The van der Waals surface area contributed by atoms with Crippen LogP contribution in [-0.2, 0) is 14.4 Å². The van der Waals surface area contributed by atoms with E-state index in [4.69, 9.17) is 5.73 Å². The average Bonchev–Trinajstić information content (AvgIpc) is 2.64. The Bertz CT molecular complexity index is 665. The fourth-order valence-corrected chi connectivity index (χ4v) is 2.83. The number of rotatable bonds is 6. The van der Waals surface area contributed by atoms with Crippen LogP contribution in [0.4, 0.5) is 0 Å². The third kappa shape index (κ3) is 6.00. The summed E-state index contributed by atoms with van der Waals surface area (Å²) in [5, 5.41) is 12.7. The fourth-order valence-electron chi connectivity index (χ4n) is 2.83. The van der Waals surface area contributed by atoms with Crippen LogP contribution >= 0.6 is 0 Å². The van der Waals surface area contributed by atoms with E-state index in [2.05, 4.69) is 5.32 Å². The number of aliphatic hydroxyl groups is 1. The second-order valence-electron chi connectivity index (χ2n) is 6.50. The molecule has 1 saturated heterocycles. The van der Waals surface area contributed by atoms with Gasteiger partial charge in [0.2, 0.25) is 5.91 Å². The van der Waals surface area contributed by atoms with Gasteiger partial charge in [0.15, 0.2) is 0 Å². The van der Waals surface area contributed by atoms with Crippen molar-refractivity contribution < 1.29 is 19.5 Å². The number of hydrogen-bond donors (Lipinski definition) is 3. The number of benzene rings is 1. The molecule has 0 atom stereocenters. The Hall–Kier alpha value is -2.67. The van der Waals surface area contributed by atoms with Gasteiger partial charge in [0, 0.05) is 26.1 Å². The predicted octanol–water partition coefficient (Wildman–Crippen LogP) is 0.435. The minimum atomic E-state index is -1.12. The van der Waals surface area contributed by atoms with Crippen LogP contribution in [0.3, 0.4) is 0 Å². The highest BCUT2D eigenvalue weighted by molar-refractivity contribution is 6.34. The number of hydrogen-bond acceptors (Lipinski definition) is 4. The summed E-state index contributed by atoms with van der Waals surface area (Å²) in [6.45, 7) is 0.797. The van der Waals surface area contributed by atoms with Crippen molar-refractivity contribution in [3.63, 3.8) is 0 Å². The van der Waals surface area contributed by atoms with Gasteiger partial charge in [-0.15, -0.1) is 0 Å². The zero-order valence-corrected chi connectivity index (χ0v) is 14.7. The van der Waals surface area contributed by atoms with Gasteiger partial charge in [-0.25, -0.2) is 0 Å². The SMILES string of the molecule is NC(=O)C(=O)NCC1(O)CCN(C(=O)CC/C=C/c2ccccc2)CC1. The number of nitrogens with zero attached hydrogens (tertiary/aromatic N) is 1. The quantitative estimate of drug-likeness (QED) is 0.640. The Labute approximate surface area is 152 Å². The van der Waals surface area contributed by atoms with Crippen LogP contribution in [-0.4, -0.2) is 53.0 Å². The van der Waals surface area contributed by atoms with Crippen molar-refractivity contribution in [2.75, 3.05) is 19.6 Å². The normalized spacial score (nSPS) is 16.4. The van der Waals surface area contributed by atoms with E-state index >= 15 is 0 Å². The highest BCUT2D eigenvalue weighted by atomic mass is 16.3. The summed E-state index contributed by atoms with van der Waals surface area (Å²) in [6, 6.07) is 9.89. The molecule has 2 rings (SSSR count). The summed E-state index contributed by atoms with van der Waals surface area (Å²) in [6.07, 6.45) is 5.73. The molecule has 26 heavy (non-hydrogen) atoms. The Balaban J connectivity index is 1.71. The van der Waals surface area contributed by atoms with Gasteiger partial charge >= 0.3 is 11.8 Å². The van der Waals surface area contributed by atoms with E-state index in [1.54, 1.807) is 4.90 Å². The third-order valence-corrected chi connectivity index (χ3v) is 4.48. The van der Waals surface area contributed by atoms with Gasteiger partial charge in [-0.3, -0.25) is 14.4 Å². The largest absolute Gasteiger partial charge is 0.388 e. The molecule has 7 heteroatoms. The van der Waals surface area contributed by atoms with Crippen molar-refractivity contribution in [3.05, 3.63) is 42.0 Å². The van der Waals surface area contributed by atoms with E-state index in [1.165, 1.54) is 0 Å². The smallest absolute Gasteiger partial charge is 0.309 e. The highest BCUT2D eigenvalue weighted by Crippen LogP contribution is 2.22. The van der Waals surface area contributed by atoms with E-state index in [0.29, 0.717) is 38.8 Å². The van der Waals surface area contributed by atoms with Crippen LogP contribution < -0.4 is 11.1 Å². The zero-order valence-electron chi connectivity index (χ0n) is 14.7. The van der Waals surface area contributed by atoms with Crippen LogP contribution in [0, 0.1) is 0 Å². The van der Waals surface area contributed by atoms with Gasteiger partial charge < -0.3 is 21.1 Å². The molecule has 3 amide bonds. The molecule has 1 aromatic rings. The molecule has 0 aliphatic carbocycles. The molecule has 1 aliphatic heterocycles. The summed E-state index contributed by atoms with van der Waals surface area (Å²) < 4.78 is 0. The van der Waals surface area contributed by atoms with Crippen molar-refractivity contribution >= 4 is 23.8 Å². The van der Waals surface area contributed by atoms with Gasteiger partial charge in [0.05, 0.1) is 5.60 Å². The van der Waals surface area contributed by atoms with Crippen LogP contribution in [0.2, 0.25) is 0 Å². The second-order valence-corrected chi connectivity index (χ2v) is 6.50. The first-order chi connectivity index (χ1) is 12.4. The maximum Gasteiger partial charge on any atom is 0.309 e. The lowest BCUT2D eigenvalue weighted by Gasteiger charge is -2.38. The standard InChI is InChI=1S/C19H25N3O4/c20-17(24)18(25)21-14-19(26)10-12-22(13-11-19)16(23)9-5-4-8-15-6-2-1-3-7-15/h1-4,6-8,26H,5,9-14H2,(H2,20,24)(H,21,25)/b8-4+. The Morgan fingerprint density at radius 1 is 1.19 bits per heavy atom. The molecular weight excluding hydrogens is 334 g/mol. The summed E-state index contributed by atoms with van der Waals surface area (Å²) >= 11 is 0. The van der Waals surface area contributed by atoms with E-state index < -0.39 is 17.4 Å². The molecule has 1 aromatic carbocycles. The Morgan fingerprint density at radius 2 is 1.85 bits per heavy atom. The zero-order chi connectivity index (χ0) is 19.0. The molecule has 140 valence electrons. The molecule has 0 aromatic heterocycles. The number of nitrogens with one attached hydrogen (secondary N) is 1. The first-order valence-corrected chi connectivity index (χ1v) is 8.69. The maximum absolute atomic E-state index is 12.3. The molecule has 0 bridgehead atoms. The van der Waals surface area contributed by atoms with E-state index in [-0.39, 0.29) is 12.5 Å². The minimum Gasteiger partial charge on any atom is -0.388 e. The van der Waals surface area contributed by atoms with Crippen LogP contribution in [0.5, 0.6) is 0 Å². The van der Waals surface area contributed by atoms with Crippen molar-refractivity contribution in [2.24, 2.45) is 5.73 Å². The van der Waals surface area contributed by atoms with E-state index in [9.17, 15) is 19.5 Å². The molecule has 0 radical (unpaired) electrons. The van der Waals surface area contributed by atoms with Crippen molar-refractivity contribution in [1.29, 1.82) is 0 Å². The molecule has 1 fully saturated rings. The van der Waals surface area contributed by atoms with Crippen LogP contribution in [0.25, 0.3) is 6.08 Å². The third-order valence-electron chi connectivity index (χ3n) is 4.48. The average molecular weight is 359 g/mol. The Kier molecular flexibility index (Phi) is 6.91. The van der Waals surface area contributed by atoms with Gasteiger partial charge in [-0.05, 0) is 24.8 Å². The summed E-state index contributed by atoms with van der Waals surface area (Å²) in [7, 11) is 0. The van der Waals surface area contributed by atoms with Crippen molar-refractivity contribution in [3.8, 4) is 0 Å². The van der Waals surface area contributed by atoms with Gasteiger partial charge in [-0.1, -0.05) is 42.5 Å². The summed E-state index contributed by atoms with van der Waals surface area (Å²) in [5.41, 5.74) is 4.84. The minimum absolute atomic E-state index is 0.0450. The molecule has 7 nitrogen and oxygen atoms in total. The van der Waals surface area contributed by atoms with Crippen molar-refractivity contribution in [2.45, 2.75) is 31.3 Å². The van der Waals surface area contributed by atoms with E-state index in [1.807, 2.05) is 42.5 Å².